The number of halogens is 3. The Balaban J connectivity index is 2.26. The second-order valence-electron chi connectivity index (χ2n) is 8.55. The van der Waals surface area contributed by atoms with E-state index in [2.05, 4.69) is 16.0 Å². The van der Waals surface area contributed by atoms with Gasteiger partial charge >= 0.3 is 12.1 Å². The van der Waals surface area contributed by atoms with Crippen molar-refractivity contribution in [1.29, 1.82) is 5.41 Å². The molecule has 0 aliphatic heterocycles. The Kier molecular flexibility index (Phi) is 11.5. The van der Waals surface area contributed by atoms with Gasteiger partial charge in [-0.25, -0.2) is 0 Å². The number of likely N-dealkylation sites (N-methyl/N-ethyl adjacent to an activating group) is 1. The van der Waals surface area contributed by atoms with E-state index in [-0.39, 0.29) is 6.41 Å². The van der Waals surface area contributed by atoms with Crippen molar-refractivity contribution in [3.63, 3.8) is 0 Å². The molecular formula is C27H28F3N7O5. The van der Waals surface area contributed by atoms with Gasteiger partial charge in [0.2, 0.25) is 12.3 Å². The molecule has 8 N–H and O–H groups in total. The minimum absolute atomic E-state index is 0.122. The van der Waals surface area contributed by atoms with Gasteiger partial charge in [-0.3, -0.25) is 29.3 Å². The first kappa shape index (κ1) is 32.7. The van der Waals surface area contributed by atoms with Crippen LogP contribution in [0.25, 0.3) is 5.57 Å². The van der Waals surface area contributed by atoms with Gasteiger partial charge in [-0.05, 0) is 41.8 Å². The third-order valence-electron chi connectivity index (χ3n) is 5.64. The summed E-state index contributed by atoms with van der Waals surface area (Å²) in [6, 6.07) is 12.6. The molecule has 0 saturated carbocycles. The van der Waals surface area contributed by atoms with Crippen LogP contribution in [0.4, 0.5) is 13.2 Å². The van der Waals surface area contributed by atoms with Gasteiger partial charge in [-0.1, -0.05) is 30.3 Å². The van der Waals surface area contributed by atoms with E-state index >= 15 is 0 Å². The topological polar surface area (TPSA) is 195 Å². The fourth-order valence-corrected chi connectivity index (χ4v) is 3.56. The molecule has 2 aromatic carbocycles. The van der Waals surface area contributed by atoms with Crippen molar-refractivity contribution >= 4 is 41.8 Å². The highest BCUT2D eigenvalue weighted by molar-refractivity contribution is 6.09. The van der Waals surface area contributed by atoms with Gasteiger partial charge < -0.3 is 32.4 Å². The van der Waals surface area contributed by atoms with Crippen molar-refractivity contribution in [3.8, 4) is 0 Å². The Hall–Kier alpha value is -5.47. The van der Waals surface area contributed by atoms with Crippen LogP contribution in [0, 0.1) is 5.41 Å². The maximum absolute atomic E-state index is 12.9. The van der Waals surface area contributed by atoms with Crippen molar-refractivity contribution in [1.82, 2.24) is 26.6 Å². The zero-order chi connectivity index (χ0) is 31.4. The summed E-state index contributed by atoms with van der Waals surface area (Å²) in [5.74, 6) is -5.60. The average Bonchev–Trinajstić information content (AvgIpc) is 2.94. The van der Waals surface area contributed by atoms with E-state index in [0.717, 1.165) is 18.8 Å². The zero-order valence-electron chi connectivity index (χ0n) is 22.4. The fourth-order valence-electron chi connectivity index (χ4n) is 3.56. The predicted octanol–water partition coefficient (Wildman–Crippen LogP) is 1.13. The van der Waals surface area contributed by atoms with Crippen LogP contribution in [0.1, 0.15) is 40.0 Å². The Labute approximate surface area is 238 Å². The van der Waals surface area contributed by atoms with Gasteiger partial charge in [0.25, 0.3) is 11.8 Å². The van der Waals surface area contributed by atoms with E-state index in [1.165, 1.54) is 5.32 Å². The molecule has 42 heavy (non-hydrogen) atoms. The number of nitrogens with two attached hydrogens (primary N) is 1. The number of alkyl halides is 3. The molecule has 12 nitrogen and oxygen atoms in total. The Morgan fingerprint density at radius 3 is 2.26 bits per heavy atom. The third kappa shape index (κ3) is 9.04. The molecule has 0 aromatic heterocycles. The van der Waals surface area contributed by atoms with E-state index in [4.69, 9.17) is 11.1 Å². The lowest BCUT2D eigenvalue weighted by Gasteiger charge is -2.19. The third-order valence-corrected chi connectivity index (χ3v) is 5.64. The van der Waals surface area contributed by atoms with Crippen molar-refractivity contribution in [2.24, 2.45) is 5.73 Å². The van der Waals surface area contributed by atoms with Crippen LogP contribution in [0.3, 0.4) is 0 Å². The first-order valence-corrected chi connectivity index (χ1v) is 12.1. The number of carbonyl (C=O) groups is 5. The van der Waals surface area contributed by atoms with E-state index in [0.29, 0.717) is 28.8 Å². The van der Waals surface area contributed by atoms with Gasteiger partial charge in [0, 0.05) is 37.1 Å². The summed E-state index contributed by atoms with van der Waals surface area (Å²) in [5.41, 5.74) is 6.14. The number of benzene rings is 2. The lowest BCUT2D eigenvalue weighted by atomic mass is 10.0. The van der Waals surface area contributed by atoms with Crippen molar-refractivity contribution < 1.29 is 37.1 Å². The van der Waals surface area contributed by atoms with Gasteiger partial charge in [-0.15, -0.1) is 0 Å². The van der Waals surface area contributed by atoms with Gasteiger partial charge in [-0.2, -0.15) is 13.2 Å². The highest BCUT2D eigenvalue weighted by atomic mass is 19.4. The Morgan fingerprint density at radius 2 is 1.67 bits per heavy atom. The van der Waals surface area contributed by atoms with E-state index in [1.54, 1.807) is 67.0 Å². The SMILES string of the molecule is CN/C(C(=O)N[C@H](C)c1cccc(/C(C=N)=C/NCc2cccc(C(N)=O)c2)c1)=C(/NC(=O)C(F)(F)F)C(=O)NC=O. The van der Waals surface area contributed by atoms with Crippen LogP contribution >= 0.6 is 0 Å². The molecule has 2 rings (SSSR count). The van der Waals surface area contributed by atoms with Crippen LogP contribution in [0.5, 0.6) is 0 Å². The lowest BCUT2D eigenvalue weighted by Crippen LogP contribution is -2.45. The van der Waals surface area contributed by atoms with E-state index in [1.807, 2.05) is 0 Å². The minimum atomic E-state index is -5.38. The number of primary amides is 1. The fraction of sp³-hybridized carbons (Fsp3) is 0.185. The monoisotopic (exact) mass is 587 g/mol. The molecule has 0 radical (unpaired) electrons. The maximum atomic E-state index is 12.9. The second kappa shape index (κ2) is 14.8. The summed E-state index contributed by atoms with van der Waals surface area (Å²) in [4.78, 5) is 58.6. The Bertz CT molecular complexity index is 1440. The normalized spacial score (nSPS) is 12.6. The number of carbonyl (C=O) groups excluding carboxylic acids is 5. The molecule has 15 heteroatoms. The van der Waals surface area contributed by atoms with Gasteiger partial charge in [0.1, 0.15) is 11.4 Å². The number of rotatable bonds is 13. The molecule has 1 atom stereocenters. The van der Waals surface area contributed by atoms with Crippen molar-refractivity contribution in [2.45, 2.75) is 25.7 Å². The summed E-state index contributed by atoms with van der Waals surface area (Å²) in [5, 5.41) is 18.5. The highest BCUT2D eigenvalue weighted by Gasteiger charge is 2.40. The van der Waals surface area contributed by atoms with Crippen LogP contribution in [-0.2, 0) is 25.7 Å². The molecular weight excluding hydrogens is 559 g/mol. The largest absolute Gasteiger partial charge is 0.471 e. The summed E-state index contributed by atoms with van der Waals surface area (Å²) < 4.78 is 38.4. The molecule has 0 aliphatic rings. The number of imide groups is 1. The highest BCUT2D eigenvalue weighted by Crippen LogP contribution is 2.20. The second-order valence-corrected chi connectivity index (χ2v) is 8.55. The smallest absolute Gasteiger partial charge is 0.386 e. The number of hydrogen-bond donors (Lipinski definition) is 7. The molecule has 0 fully saturated rings. The van der Waals surface area contributed by atoms with Gasteiger partial charge in [0.05, 0.1) is 6.04 Å². The molecule has 0 aliphatic carbocycles. The molecule has 2 aromatic rings. The first-order chi connectivity index (χ1) is 19.8. The minimum Gasteiger partial charge on any atom is -0.386 e. The zero-order valence-corrected chi connectivity index (χ0v) is 22.4. The number of allylic oxidation sites excluding steroid dienone is 1. The van der Waals surface area contributed by atoms with Crippen molar-refractivity contribution in [2.75, 3.05) is 7.05 Å². The lowest BCUT2D eigenvalue weighted by molar-refractivity contribution is -0.173. The summed E-state index contributed by atoms with van der Waals surface area (Å²) in [6.07, 6.45) is -2.82. The van der Waals surface area contributed by atoms with Gasteiger partial charge in [0.15, 0.2) is 0 Å². The summed E-state index contributed by atoms with van der Waals surface area (Å²) in [7, 11) is 1.13. The van der Waals surface area contributed by atoms with Crippen molar-refractivity contribution in [3.05, 3.63) is 88.4 Å². The van der Waals surface area contributed by atoms with Crippen LogP contribution < -0.4 is 32.3 Å². The molecule has 0 spiro atoms. The van der Waals surface area contributed by atoms with Crippen LogP contribution in [0.2, 0.25) is 0 Å². The number of amides is 5. The maximum Gasteiger partial charge on any atom is 0.471 e. The molecule has 0 unspecified atom stereocenters. The molecule has 0 bridgehead atoms. The quantitative estimate of drug-likeness (QED) is 0.104. The molecule has 5 amide bonds. The van der Waals surface area contributed by atoms with E-state index < -0.39 is 47.2 Å². The first-order valence-electron chi connectivity index (χ1n) is 12.1. The summed E-state index contributed by atoms with van der Waals surface area (Å²) in [6.45, 7) is 1.89. The molecule has 0 heterocycles. The standard InChI is InChI=1S/C27H28F3N7O5/c1-15(36-25(41)21(33-2)22(24(40)35-14-38)37-26(42)27(28,29)30)17-6-4-7-18(10-17)20(11-31)13-34-12-16-5-3-8-19(9-16)23(32)39/h3-11,13-15,31,33-34H,12H2,1-2H3,(H2,32,39)(H,36,41)(H,37,42)(H,35,38,40)/b20-13+,22-21+,31-11?/t15-/m1/s1. The number of hydrogen-bond acceptors (Lipinski definition) is 8. The predicted molar refractivity (Wildman–Crippen MR) is 146 cm³/mol. The van der Waals surface area contributed by atoms with E-state index in [9.17, 15) is 37.1 Å². The average molecular weight is 588 g/mol. The summed E-state index contributed by atoms with van der Waals surface area (Å²) >= 11 is 0. The molecule has 0 saturated heterocycles. The van der Waals surface area contributed by atoms with Crippen LogP contribution in [-0.4, -0.2) is 49.5 Å². The Morgan fingerprint density at radius 1 is 1.00 bits per heavy atom. The number of nitrogens with one attached hydrogen (secondary N) is 6. The molecule has 222 valence electrons. The van der Waals surface area contributed by atoms with Crippen LogP contribution in [0.15, 0.2) is 66.1 Å².